The van der Waals surface area contributed by atoms with Crippen molar-refractivity contribution in [1.82, 2.24) is 15.0 Å². The van der Waals surface area contributed by atoms with Crippen LogP contribution in [0.2, 0.25) is 0 Å². The van der Waals surface area contributed by atoms with Gasteiger partial charge in [-0.25, -0.2) is 15.0 Å². The second kappa shape index (κ2) is 8.02. The van der Waals surface area contributed by atoms with Crippen molar-refractivity contribution in [3.8, 4) is 10.7 Å². The second-order valence-corrected chi connectivity index (χ2v) is 7.82. The normalized spacial score (nSPS) is 14.6. The molecule has 0 radical (unpaired) electrons. The number of rotatable bonds is 5. The fourth-order valence-electron chi connectivity index (χ4n) is 2.90. The van der Waals surface area contributed by atoms with Crippen LogP contribution >= 0.6 is 11.3 Å². The lowest BCUT2D eigenvalue weighted by atomic mass is 10.2. The van der Waals surface area contributed by atoms with Crippen LogP contribution < -0.4 is 10.2 Å². The number of thiazole rings is 1. The molecule has 0 aliphatic carbocycles. The molecule has 0 aromatic carbocycles. The number of aromatic nitrogens is 3. The van der Waals surface area contributed by atoms with Crippen LogP contribution in [-0.2, 0) is 4.74 Å². The summed E-state index contributed by atoms with van der Waals surface area (Å²) in [6.07, 6.45) is 3.84. The Hall–Kier alpha value is -2.51. The summed E-state index contributed by atoms with van der Waals surface area (Å²) >= 11 is 1.69. The van der Waals surface area contributed by atoms with E-state index in [9.17, 15) is 0 Å². The monoisotopic (exact) mass is 381 g/mol. The van der Waals surface area contributed by atoms with E-state index in [1.165, 1.54) is 4.88 Å². The molecule has 140 valence electrons. The number of morpholine rings is 1. The molecule has 0 amide bonds. The molecule has 4 heterocycles. The zero-order chi connectivity index (χ0) is 18.6. The van der Waals surface area contributed by atoms with Gasteiger partial charge in [-0.2, -0.15) is 0 Å². The van der Waals surface area contributed by atoms with Gasteiger partial charge in [-0.1, -0.05) is 19.9 Å². The first kappa shape index (κ1) is 17.9. The van der Waals surface area contributed by atoms with Crippen molar-refractivity contribution in [2.45, 2.75) is 19.8 Å². The molecule has 6 nitrogen and oxygen atoms in total. The van der Waals surface area contributed by atoms with E-state index in [2.05, 4.69) is 40.1 Å². The van der Waals surface area contributed by atoms with E-state index >= 15 is 0 Å². The molecule has 4 rings (SSSR count). The average Bonchev–Trinajstić information content (AvgIpc) is 3.20. The number of ether oxygens (including phenoxy) is 1. The van der Waals surface area contributed by atoms with Crippen molar-refractivity contribution in [3.63, 3.8) is 0 Å². The average molecular weight is 382 g/mol. The highest BCUT2D eigenvalue weighted by atomic mass is 32.1. The first-order valence-electron chi connectivity index (χ1n) is 9.18. The largest absolute Gasteiger partial charge is 0.378 e. The topological polar surface area (TPSA) is 63.2 Å². The zero-order valence-electron chi connectivity index (χ0n) is 15.6. The smallest absolute Gasteiger partial charge is 0.142 e. The summed E-state index contributed by atoms with van der Waals surface area (Å²) in [6.45, 7) is 7.70. The Morgan fingerprint density at radius 2 is 1.89 bits per heavy atom. The van der Waals surface area contributed by atoms with Gasteiger partial charge in [0.2, 0.25) is 0 Å². The molecule has 1 saturated heterocycles. The van der Waals surface area contributed by atoms with E-state index < -0.39 is 0 Å². The van der Waals surface area contributed by atoms with Crippen molar-refractivity contribution in [1.29, 1.82) is 0 Å². The zero-order valence-corrected chi connectivity index (χ0v) is 16.4. The summed E-state index contributed by atoms with van der Waals surface area (Å²) in [4.78, 5) is 17.3. The van der Waals surface area contributed by atoms with Crippen LogP contribution in [0.5, 0.6) is 0 Å². The van der Waals surface area contributed by atoms with Crippen molar-refractivity contribution < 1.29 is 4.74 Å². The lowest BCUT2D eigenvalue weighted by molar-refractivity contribution is 0.122. The van der Waals surface area contributed by atoms with E-state index in [1.54, 1.807) is 11.3 Å². The van der Waals surface area contributed by atoms with E-state index in [4.69, 9.17) is 9.72 Å². The predicted molar refractivity (Wildman–Crippen MR) is 110 cm³/mol. The number of hydrogen-bond acceptors (Lipinski definition) is 7. The molecule has 0 bridgehead atoms. The minimum atomic E-state index is 0.478. The molecular formula is C20H23N5OS. The Morgan fingerprint density at radius 1 is 1.04 bits per heavy atom. The third kappa shape index (κ3) is 4.26. The van der Waals surface area contributed by atoms with Crippen LogP contribution in [-0.4, -0.2) is 41.3 Å². The standard InChI is InChI=1S/C20H23N5OS/c1-14(2)17-13-22-20(27-17)16-4-3-5-19(23-16)24-18-7-6-15(12-21-18)25-8-10-26-11-9-25/h3-7,12-14H,8-11H2,1-2H3,(H,21,23,24). The molecular weight excluding hydrogens is 358 g/mol. The summed E-state index contributed by atoms with van der Waals surface area (Å²) in [6, 6.07) is 9.99. The summed E-state index contributed by atoms with van der Waals surface area (Å²) in [7, 11) is 0. The molecule has 0 spiro atoms. The summed E-state index contributed by atoms with van der Waals surface area (Å²) in [5, 5.41) is 4.23. The number of nitrogens with zero attached hydrogens (tertiary/aromatic N) is 4. The van der Waals surface area contributed by atoms with E-state index in [1.807, 2.05) is 36.7 Å². The Balaban J connectivity index is 1.47. The molecule has 3 aromatic rings. The van der Waals surface area contributed by atoms with Crippen LogP contribution in [0, 0.1) is 0 Å². The maximum atomic E-state index is 5.40. The number of nitrogens with one attached hydrogen (secondary N) is 1. The molecule has 7 heteroatoms. The Kier molecular flexibility index (Phi) is 5.31. The quantitative estimate of drug-likeness (QED) is 0.711. The second-order valence-electron chi connectivity index (χ2n) is 6.76. The molecule has 3 aromatic heterocycles. The van der Waals surface area contributed by atoms with Crippen LogP contribution in [0.25, 0.3) is 10.7 Å². The highest BCUT2D eigenvalue weighted by Crippen LogP contribution is 2.29. The summed E-state index contributed by atoms with van der Waals surface area (Å²) in [5.74, 6) is 2.02. The number of hydrogen-bond donors (Lipinski definition) is 1. The van der Waals surface area contributed by atoms with E-state index in [-0.39, 0.29) is 0 Å². The van der Waals surface area contributed by atoms with Crippen molar-refractivity contribution in [3.05, 3.63) is 47.6 Å². The van der Waals surface area contributed by atoms with Crippen LogP contribution in [0.4, 0.5) is 17.3 Å². The number of anilines is 3. The lowest BCUT2D eigenvalue weighted by Gasteiger charge is -2.28. The van der Waals surface area contributed by atoms with Crippen LogP contribution in [0.15, 0.2) is 42.7 Å². The van der Waals surface area contributed by atoms with Crippen LogP contribution in [0.1, 0.15) is 24.6 Å². The molecule has 1 aliphatic heterocycles. The van der Waals surface area contributed by atoms with Gasteiger partial charge in [0.05, 0.1) is 25.1 Å². The molecule has 1 aliphatic rings. The van der Waals surface area contributed by atoms with Gasteiger partial charge in [0.15, 0.2) is 0 Å². The van der Waals surface area contributed by atoms with Crippen LogP contribution in [0.3, 0.4) is 0 Å². The van der Waals surface area contributed by atoms with Gasteiger partial charge in [0, 0.05) is 24.2 Å². The molecule has 1 N–H and O–H groups in total. The first-order chi connectivity index (χ1) is 13.2. The Bertz CT molecular complexity index is 887. The highest BCUT2D eigenvalue weighted by Gasteiger charge is 2.12. The van der Waals surface area contributed by atoms with Gasteiger partial charge in [-0.15, -0.1) is 11.3 Å². The SMILES string of the molecule is CC(C)c1cnc(-c2cccc(Nc3ccc(N4CCOCC4)cn3)n2)s1. The van der Waals surface area contributed by atoms with Crippen molar-refractivity contribution >= 4 is 28.7 Å². The van der Waals surface area contributed by atoms with Crippen molar-refractivity contribution in [2.24, 2.45) is 0 Å². The minimum absolute atomic E-state index is 0.478. The maximum absolute atomic E-state index is 5.40. The summed E-state index contributed by atoms with van der Waals surface area (Å²) in [5.41, 5.74) is 2.00. The number of pyridine rings is 2. The van der Waals surface area contributed by atoms with Gasteiger partial charge < -0.3 is 15.0 Å². The van der Waals surface area contributed by atoms with E-state index in [0.717, 1.165) is 54.3 Å². The molecule has 1 fully saturated rings. The molecule has 0 saturated carbocycles. The van der Waals surface area contributed by atoms with E-state index in [0.29, 0.717) is 5.92 Å². The molecule has 0 atom stereocenters. The predicted octanol–water partition coefficient (Wildman–Crippen LogP) is 4.30. The summed E-state index contributed by atoms with van der Waals surface area (Å²) < 4.78 is 5.40. The van der Waals surface area contributed by atoms with Gasteiger partial charge in [0.1, 0.15) is 22.3 Å². The third-order valence-electron chi connectivity index (χ3n) is 4.44. The minimum Gasteiger partial charge on any atom is -0.378 e. The van der Waals surface area contributed by atoms with Gasteiger partial charge in [0.25, 0.3) is 0 Å². The molecule has 0 unspecified atom stereocenters. The maximum Gasteiger partial charge on any atom is 0.142 e. The Morgan fingerprint density at radius 3 is 2.59 bits per heavy atom. The highest BCUT2D eigenvalue weighted by molar-refractivity contribution is 7.15. The fourth-order valence-corrected chi connectivity index (χ4v) is 3.78. The van der Waals surface area contributed by atoms with Gasteiger partial charge >= 0.3 is 0 Å². The Labute approximate surface area is 163 Å². The van der Waals surface area contributed by atoms with Crippen molar-refractivity contribution in [2.75, 3.05) is 36.5 Å². The lowest BCUT2D eigenvalue weighted by Crippen LogP contribution is -2.36. The van der Waals surface area contributed by atoms with Gasteiger partial charge in [-0.05, 0) is 30.2 Å². The van der Waals surface area contributed by atoms with Gasteiger partial charge in [-0.3, -0.25) is 0 Å². The first-order valence-corrected chi connectivity index (χ1v) is 9.99. The third-order valence-corrected chi connectivity index (χ3v) is 5.76. The molecule has 27 heavy (non-hydrogen) atoms. The fraction of sp³-hybridized carbons (Fsp3) is 0.350.